The number of hydrogen-bond donors (Lipinski definition) is 2. The van der Waals surface area contributed by atoms with Gasteiger partial charge in [-0.3, -0.25) is 4.79 Å². The van der Waals surface area contributed by atoms with E-state index in [2.05, 4.69) is 65.7 Å². The van der Waals surface area contributed by atoms with E-state index < -0.39 is 0 Å². The molecule has 1 saturated heterocycles. The Labute approximate surface area is 198 Å². The van der Waals surface area contributed by atoms with Gasteiger partial charge >= 0.3 is 0 Å². The zero-order valence-corrected chi connectivity index (χ0v) is 21.0. The van der Waals surface area contributed by atoms with Gasteiger partial charge in [-0.15, -0.1) is 24.0 Å². The van der Waals surface area contributed by atoms with Gasteiger partial charge in [-0.1, -0.05) is 37.1 Å². The Balaban J connectivity index is 0.00000320. The predicted octanol–water partition coefficient (Wildman–Crippen LogP) is 3.21. The van der Waals surface area contributed by atoms with E-state index in [0.29, 0.717) is 12.5 Å². The van der Waals surface area contributed by atoms with Crippen LogP contribution in [0, 0.1) is 5.92 Å². The smallest absolute Gasteiger partial charge is 0.225 e. The lowest BCUT2D eigenvalue weighted by atomic mass is 10.1. The summed E-state index contributed by atoms with van der Waals surface area (Å²) in [5.41, 5.74) is 2.56. The van der Waals surface area contributed by atoms with Crippen LogP contribution in [-0.4, -0.2) is 61.4 Å². The molecule has 30 heavy (non-hydrogen) atoms. The molecule has 0 aromatic heterocycles. The lowest BCUT2D eigenvalue weighted by Gasteiger charge is -2.21. The molecule has 0 radical (unpaired) electrons. The van der Waals surface area contributed by atoms with E-state index in [1.807, 2.05) is 0 Å². The van der Waals surface area contributed by atoms with Crippen molar-refractivity contribution in [3.8, 4) is 0 Å². The Hall–Kier alpha value is -1.35. The molecule has 2 aliphatic rings. The summed E-state index contributed by atoms with van der Waals surface area (Å²) in [6, 6.07) is 8.77. The average Bonchev–Trinajstić information content (AvgIpc) is 3.39. The van der Waals surface area contributed by atoms with Crippen molar-refractivity contribution < 1.29 is 4.79 Å². The number of benzene rings is 1. The number of carbonyl (C=O) groups is 1. The van der Waals surface area contributed by atoms with Crippen LogP contribution in [0.1, 0.15) is 50.2 Å². The van der Waals surface area contributed by atoms with E-state index in [1.54, 1.807) is 0 Å². The molecule has 1 aromatic rings. The second-order valence-corrected chi connectivity index (χ2v) is 8.60. The molecule has 1 aromatic carbocycles. The number of nitrogens with one attached hydrogen (secondary N) is 2. The number of aliphatic imine (C=N–C) groups is 1. The molecule has 2 N–H and O–H groups in total. The van der Waals surface area contributed by atoms with E-state index in [9.17, 15) is 4.79 Å². The zero-order valence-electron chi connectivity index (χ0n) is 18.7. The molecule has 1 aliphatic carbocycles. The minimum atomic E-state index is 0. The summed E-state index contributed by atoms with van der Waals surface area (Å²) in [6.45, 7) is 6.12. The predicted molar refractivity (Wildman–Crippen MR) is 134 cm³/mol. The van der Waals surface area contributed by atoms with Gasteiger partial charge < -0.3 is 20.4 Å². The van der Waals surface area contributed by atoms with Crippen molar-refractivity contribution in [2.24, 2.45) is 10.9 Å². The number of halogens is 1. The Kier molecular flexibility index (Phi) is 10.4. The highest BCUT2D eigenvalue weighted by atomic mass is 127. The number of rotatable bonds is 7. The van der Waals surface area contributed by atoms with E-state index in [0.717, 1.165) is 51.4 Å². The molecule has 2 fully saturated rings. The first-order chi connectivity index (χ1) is 14.1. The number of nitrogens with zero attached hydrogens (tertiary/aromatic N) is 3. The maximum absolute atomic E-state index is 12.7. The van der Waals surface area contributed by atoms with Crippen LogP contribution in [-0.2, 0) is 17.9 Å². The molecule has 1 unspecified atom stereocenters. The first kappa shape index (κ1) is 24.9. The van der Waals surface area contributed by atoms with E-state index in [4.69, 9.17) is 4.99 Å². The topological polar surface area (TPSA) is 60.0 Å². The molecule has 0 spiro atoms. The van der Waals surface area contributed by atoms with Crippen molar-refractivity contribution in [1.29, 1.82) is 0 Å². The van der Waals surface area contributed by atoms with E-state index >= 15 is 0 Å². The number of hydrogen-bond acceptors (Lipinski definition) is 3. The third kappa shape index (κ3) is 7.11. The van der Waals surface area contributed by atoms with Crippen LogP contribution >= 0.6 is 24.0 Å². The van der Waals surface area contributed by atoms with Crippen LogP contribution in [0.15, 0.2) is 29.3 Å². The van der Waals surface area contributed by atoms with E-state index in [1.165, 1.54) is 24.0 Å². The molecule has 1 aliphatic heterocycles. The van der Waals surface area contributed by atoms with Crippen molar-refractivity contribution >= 4 is 35.8 Å². The highest BCUT2D eigenvalue weighted by molar-refractivity contribution is 14.0. The van der Waals surface area contributed by atoms with Gasteiger partial charge in [-0.25, -0.2) is 4.99 Å². The van der Waals surface area contributed by atoms with Gasteiger partial charge in [-0.05, 0) is 51.4 Å². The second kappa shape index (κ2) is 12.5. The fourth-order valence-corrected chi connectivity index (χ4v) is 4.39. The molecule has 3 rings (SSSR count). The van der Waals surface area contributed by atoms with Crippen molar-refractivity contribution in [2.45, 2.75) is 58.2 Å². The first-order valence-electron chi connectivity index (χ1n) is 11.1. The molecule has 1 saturated carbocycles. The van der Waals surface area contributed by atoms with Crippen LogP contribution in [0.5, 0.6) is 0 Å². The lowest BCUT2D eigenvalue weighted by Crippen LogP contribution is -2.45. The summed E-state index contributed by atoms with van der Waals surface area (Å²) >= 11 is 0. The average molecular weight is 527 g/mol. The summed E-state index contributed by atoms with van der Waals surface area (Å²) in [6.07, 6.45) is 5.55. The lowest BCUT2D eigenvalue weighted by molar-refractivity contribution is -0.134. The van der Waals surface area contributed by atoms with Crippen molar-refractivity contribution in [3.63, 3.8) is 0 Å². The highest BCUT2D eigenvalue weighted by Crippen LogP contribution is 2.27. The van der Waals surface area contributed by atoms with Gasteiger partial charge in [0.05, 0.1) is 6.54 Å². The Morgan fingerprint density at radius 1 is 1.17 bits per heavy atom. The highest BCUT2D eigenvalue weighted by Gasteiger charge is 2.32. The van der Waals surface area contributed by atoms with Gasteiger partial charge in [0, 0.05) is 38.1 Å². The largest absolute Gasteiger partial charge is 0.357 e. The molecule has 0 bridgehead atoms. The summed E-state index contributed by atoms with van der Waals surface area (Å²) in [7, 11) is 4.18. The quantitative estimate of drug-likeness (QED) is 0.325. The third-order valence-corrected chi connectivity index (χ3v) is 5.90. The SMILES string of the molecule is CCNC(=NCc1ccccc1CN(C)C)NC1CCN(C(=O)C2CCCC2)C1.I. The molecule has 1 heterocycles. The Morgan fingerprint density at radius 3 is 2.53 bits per heavy atom. The van der Waals surface area contributed by atoms with Crippen LogP contribution in [0.4, 0.5) is 0 Å². The van der Waals surface area contributed by atoms with Crippen molar-refractivity contribution in [3.05, 3.63) is 35.4 Å². The van der Waals surface area contributed by atoms with E-state index in [-0.39, 0.29) is 35.9 Å². The normalized spacial score (nSPS) is 19.8. The molecule has 6 nitrogen and oxygen atoms in total. The summed E-state index contributed by atoms with van der Waals surface area (Å²) in [4.78, 5) is 21.8. The monoisotopic (exact) mass is 527 g/mol. The fourth-order valence-electron chi connectivity index (χ4n) is 4.39. The summed E-state index contributed by atoms with van der Waals surface area (Å²) < 4.78 is 0. The van der Waals surface area contributed by atoms with Crippen LogP contribution in [0.25, 0.3) is 0 Å². The van der Waals surface area contributed by atoms with Gasteiger partial charge in [0.2, 0.25) is 5.91 Å². The number of guanidine groups is 1. The Bertz CT molecular complexity index is 703. The van der Waals surface area contributed by atoms with Crippen molar-refractivity contribution in [1.82, 2.24) is 20.4 Å². The van der Waals surface area contributed by atoms with Crippen LogP contribution < -0.4 is 10.6 Å². The standard InChI is InChI=1S/C23H37N5O.HI/c1-4-24-23(25-15-19-11-7-8-12-20(19)16-27(2)3)26-21-13-14-28(17-21)22(29)18-9-5-6-10-18;/h7-8,11-12,18,21H,4-6,9-10,13-17H2,1-3H3,(H2,24,25,26);1H. The molecule has 1 atom stereocenters. The Morgan fingerprint density at radius 2 is 1.87 bits per heavy atom. The summed E-state index contributed by atoms with van der Waals surface area (Å²) in [5, 5.41) is 6.92. The molecular weight excluding hydrogens is 489 g/mol. The van der Waals surface area contributed by atoms with Crippen molar-refractivity contribution in [2.75, 3.05) is 33.7 Å². The minimum absolute atomic E-state index is 0. The van der Waals surface area contributed by atoms with Crippen LogP contribution in [0.2, 0.25) is 0 Å². The maximum Gasteiger partial charge on any atom is 0.225 e. The van der Waals surface area contributed by atoms with Gasteiger partial charge in [-0.2, -0.15) is 0 Å². The first-order valence-corrected chi connectivity index (χ1v) is 11.1. The molecule has 1 amide bonds. The van der Waals surface area contributed by atoms with Gasteiger partial charge in [0.25, 0.3) is 0 Å². The number of carbonyl (C=O) groups excluding carboxylic acids is 1. The molecule has 168 valence electrons. The van der Waals surface area contributed by atoms with Gasteiger partial charge in [0.1, 0.15) is 0 Å². The minimum Gasteiger partial charge on any atom is -0.357 e. The number of amides is 1. The second-order valence-electron chi connectivity index (χ2n) is 8.60. The molecular formula is C23H38IN5O. The van der Waals surface area contributed by atoms with Crippen LogP contribution in [0.3, 0.4) is 0 Å². The third-order valence-electron chi connectivity index (χ3n) is 5.90. The molecule has 7 heteroatoms. The zero-order chi connectivity index (χ0) is 20.6. The van der Waals surface area contributed by atoms with Gasteiger partial charge in [0.15, 0.2) is 5.96 Å². The number of likely N-dealkylation sites (tertiary alicyclic amines) is 1. The summed E-state index contributed by atoms with van der Waals surface area (Å²) in [5.74, 6) is 1.47. The maximum atomic E-state index is 12.7. The fraction of sp³-hybridized carbons (Fsp3) is 0.652.